The number of methoxy groups -OCH3 is 2. The Hall–Kier alpha value is -6.64. The third-order valence-electron chi connectivity index (χ3n) is 8.95. The number of rotatable bonds is 9. The summed E-state index contributed by atoms with van der Waals surface area (Å²) in [6.07, 6.45) is 9.13. The van der Waals surface area contributed by atoms with Gasteiger partial charge in [-0.3, -0.25) is 9.59 Å². The molecule has 2 aromatic carbocycles. The number of anilines is 2. The van der Waals surface area contributed by atoms with Crippen LogP contribution < -0.4 is 20.5 Å². The largest absolute Gasteiger partial charge is 0.481 e. The van der Waals surface area contributed by atoms with Gasteiger partial charge in [0.15, 0.2) is 5.82 Å². The van der Waals surface area contributed by atoms with Gasteiger partial charge in [-0.25, -0.2) is 28.1 Å². The highest BCUT2D eigenvalue weighted by Gasteiger charge is 2.53. The highest BCUT2D eigenvalue weighted by molar-refractivity contribution is 6.00. The molecule has 0 atom stereocenters. The van der Waals surface area contributed by atoms with Gasteiger partial charge in [0, 0.05) is 60.2 Å². The first-order chi connectivity index (χ1) is 25.6. The smallest absolute Gasteiger partial charge is 0.314 e. The second-order valence-corrected chi connectivity index (χ2v) is 12.3. The standard InChI is InChI=1S/C19H17FN4O2.C10H9FO2.C9H10N4O/c1-26-17-12-13(6-10-21-17)24-11-7-16(23-24)22-18(25)19(8-9-19)14-4-2-3-5-15(14)20;11-8-4-2-1-3-7(8)10(5-6-10)9(12)13;1-14-9-6-7(2-4-11-9)13-5-3-8(10)12-13/h2-7,10-12H,8-9H2,1H3,(H,22,23,25);1-4H,5-6H2,(H,12,13);2-6H,1H3,(H2,10,12). The van der Waals surface area contributed by atoms with E-state index < -0.39 is 22.6 Å². The molecule has 2 aliphatic rings. The van der Waals surface area contributed by atoms with Gasteiger partial charge in [-0.1, -0.05) is 36.4 Å². The second-order valence-electron chi connectivity index (χ2n) is 12.3. The van der Waals surface area contributed by atoms with Crippen LogP contribution >= 0.6 is 0 Å². The van der Waals surface area contributed by atoms with E-state index in [1.807, 2.05) is 6.07 Å². The molecule has 272 valence electrons. The fraction of sp³-hybridized carbons (Fsp3) is 0.211. The van der Waals surface area contributed by atoms with Crippen LogP contribution in [0.2, 0.25) is 0 Å². The SMILES string of the molecule is COc1cc(-n2ccc(N)n2)ccn1.COc1cc(-n2ccc(NC(=O)C3(c4ccccc4F)CC3)n2)ccn1.O=C(O)C1(c2ccccc2F)CC1. The number of nitrogens with two attached hydrogens (primary N) is 1. The van der Waals surface area contributed by atoms with E-state index in [9.17, 15) is 18.4 Å². The van der Waals surface area contributed by atoms with E-state index in [0.717, 1.165) is 11.4 Å². The molecular formula is C38H36F2N8O5. The fourth-order valence-corrected chi connectivity index (χ4v) is 5.72. The monoisotopic (exact) mass is 722 g/mol. The number of hydrogen-bond donors (Lipinski definition) is 3. The molecule has 2 aliphatic carbocycles. The molecule has 2 fully saturated rings. The molecule has 4 heterocycles. The minimum atomic E-state index is -0.925. The van der Waals surface area contributed by atoms with Crippen LogP contribution in [0.15, 0.2) is 110 Å². The molecule has 1 amide bonds. The number of ether oxygens (including phenoxy) is 2. The Balaban J connectivity index is 0.000000150. The molecular weight excluding hydrogens is 686 g/mol. The van der Waals surface area contributed by atoms with Gasteiger partial charge in [-0.15, -0.1) is 0 Å². The van der Waals surface area contributed by atoms with Crippen molar-refractivity contribution in [2.24, 2.45) is 0 Å². The molecule has 4 aromatic heterocycles. The summed E-state index contributed by atoms with van der Waals surface area (Å²) >= 11 is 0. The van der Waals surface area contributed by atoms with Gasteiger partial charge in [0.05, 0.1) is 36.4 Å². The number of pyridine rings is 2. The van der Waals surface area contributed by atoms with Gasteiger partial charge in [-0.2, -0.15) is 10.2 Å². The summed E-state index contributed by atoms with van der Waals surface area (Å²) in [6, 6.07) is 23.1. The maximum absolute atomic E-state index is 14.1. The van der Waals surface area contributed by atoms with Crippen LogP contribution in [0, 0.1) is 11.6 Å². The van der Waals surface area contributed by atoms with Crippen LogP contribution in [0.5, 0.6) is 11.8 Å². The number of carboxylic acids is 1. The lowest BCUT2D eigenvalue weighted by Crippen LogP contribution is -2.29. The van der Waals surface area contributed by atoms with E-state index in [1.54, 1.807) is 115 Å². The molecule has 13 nitrogen and oxygen atoms in total. The zero-order valence-corrected chi connectivity index (χ0v) is 28.8. The molecule has 4 N–H and O–H groups in total. The normalized spacial score (nSPS) is 14.3. The van der Waals surface area contributed by atoms with Crippen LogP contribution in [0.25, 0.3) is 11.4 Å². The number of halogens is 2. The predicted octanol–water partition coefficient (Wildman–Crippen LogP) is 5.89. The lowest BCUT2D eigenvalue weighted by molar-refractivity contribution is -0.140. The predicted molar refractivity (Wildman–Crippen MR) is 191 cm³/mol. The number of carbonyl (C=O) groups excluding carboxylic acids is 1. The Labute approximate surface area is 303 Å². The van der Waals surface area contributed by atoms with E-state index >= 15 is 0 Å². The highest BCUT2D eigenvalue weighted by Crippen LogP contribution is 2.50. The minimum Gasteiger partial charge on any atom is -0.481 e. The number of aliphatic carboxylic acids is 1. The van der Waals surface area contributed by atoms with Gasteiger partial charge in [-0.05, 0) is 49.9 Å². The average molecular weight is 723 g/mol. The van der Waals surface area contributed by atoms with E-state index in [0.29, 0.717) is 60.2 Å². The number of carboxylic acid groups (broad SMARTS) is 1. The van der Waals surface area contributed by atoms with Crippen molar-refractivity contribution in [2.75, 3.05) is 25.3 Å². The molecule has 6 aromatic rings. The van der Waals surface area contributed by atoms with Crippen molar-refractivity contribution in [3.63, 3.8) is 0 Å². The van der Waals surface area contributed by atoms with Crippen molar-refractivity contribution in [1.29, 1.82) is 0 Å². The quantitative estimate of drug-likeness (QED) is 0.164. The summed E-state index contributed by atoms with van der Waals surface area (Å²) < 4.78 is 40.7. The number of amides is 1. The maximum atomic E-state index is 14.1. The summed E-state index contributed by atoms with van der Waals surface area (Å²) in [5.41, 5.74) is 6.17. The summed E-state index contributed by atoms with van der Waals surface area (Å²) in [4.78, 5) is 31.7. The third kappa shape index (κ3) is 7.98. The van der Waals surface area contributed by atoms with Crippen LogP contribution in [-0.2, 0) is 20.4 Å². The molecule has 0 radical (unpaired) electrons. The van der Waals surface area contributed by atoms with E-state index in [2.05, 4.69) is 25.5 Å². The number of carbonyl (C=O) groups is 2. The minimum absolute atomic E-state index is 0.236. The Morgan fingerprint density at radius 1 is 0.736 bits per heavy atom. The lowest BCUT2D eigenvalue weighted by atomic mass is 9.94. The number of benzene rings is 2. The number of nitrogens with one attached hydrogen (secondary N) is 1. The van der Waals surface area contributed by atoms with Crippen LogP contribution in [0.3, 0.4) is 0 Å². The first-order valence-corrected chi connectivity index (χ1v) is 16.5. The number of aromatic nitrogens is 6. The Morgan fingerprint density at radius 3 is 1.68 bits per heavy atom. The zero-order chi connectivity index (χ0) is 37.6. The number of nitrogens with zero attached hydrogens (tertiary/aromatic N) is 6. The molecule has 15 heteroatoms. The van der Waals surface area contributed by atoms with Gasteiger partial charge in [0.25, 0.3) is 0 Å². The third-order valence-corrected chi connectivity index (χ3v) is 8.95. The zero-order valence-electron chi connectivity index (χ0n) is 28.8. The number of hydrogen-bond acceptors (Lipinski definition) is 9. The molecule has 0 unspecified atom stereocenters. The second kappa shape index (κ2) is 15.3. The van der Waals surface area contributed by atoms with E-state index in [4.69, 9.17) is 20.3 Å². The van der Waals surface area contributed by atoms with Crippen LogP contribution in [-0.4, -0.2) is 60.7 Å². The van der Waals surface area contributed by atoms with Crippen molar-refractivity contribution in [3.8, 4) is 23.1 Å². The van der Waals surface area contributed by atoms with Crippen molar-refractivity contribution in [2.45, 2.75) is 36.5 Å². The van der Waals surface area contributed by atoms with Gasteiger partial charge >= 0.3 is 5.97 Å². The molecule has 2 saturated carbocycles. The highest BCUT2D eigenvalue weighted by atomic mass is 19.1. The topological polar surface area (TPSA) is 172 Å². The molecule has 0 saturated heterocycles. The van der Waals surface area contributed by atoms with Crippen LogP contribution in [0.4, 0.5) is 20.4 Å². The molecule has 53 heavy (non-hydrogen) atoms. The van der Waals surface area contributed by atoms with Crippen molar-refractivity contribution in [3.05, 3.63) is 132 Å². The number of nitrogen functional groups attached to an aromatic ring is 1. The maximum Gasteiger partial charge on any atom is 0.314 e. The van der Waals surface area contributed by atoms with Crippen molar-refractivity contribution < 1.29 is 33.0 Å². The van der Waals surface area contributed by atoms with E-state index in [1.165, 1.54) is 12.1 Å². The van der Waals surface area contributed by atoms with Gasteiger partial charge in [0.1, 0.15) is 17.5 Å². The first-order valence-electron chi connectivity index (χ1n) is 16.5. The summed E-state index contributed by atoms with van der Waals surface area (Å²) in [5.74, 6) is 0.000495. The first kappa shape index (κ1) is 36.2. The van der Waals surface area contributed by atoms with Crippen molar-refractivity contribution in [1.82, 2.24) is 29.5 Å². The molecule has 8 rings (SSSR count). The van der Waals surface area contributed by atoms with Crippen molar-refractivity contribution >= 4 is 23.5 Å². The van der Waals surface area contributed by atoms with Crippen LogP contribution in [0.1, 0.15) is 36.8 Å². The Morgan fingerprint density at radius 2 is 1.23 bits per heavy atom. The molecule has 0 spiro atoms. The molecule has 0 bridgehead atoms. The average Bonchev–Trinajstić information content (AvgIpc) is 4.08. The fourth-order valence-electron chi connectivity index (χ4n) is 5.72. The summed E-state index contributed by atoms with van der Waals surface area (Å²) in [5, 5.41) is 20.1. The van der Waals surface area contributed by atoms with Gasteiger partial charge < -0.3 is 25.6 Å². The molecule has 0 aliphatic heterocycles. The Kier molecular flexibility index (Phi) is 10.4. The summed E-state index contributed by atoms with van der Waals surface area (Å²) in [7, 11) is 3.11. The van der Waals surface area contributed by atoms with E-state index in [-0.39, 0.29) is 11.7 Å². The Bertz CT molecular complexity index is 2230. The lowest BCUT2D eigenvalue weighted by Gasteiger charge is -2.15. The summed E-state index contributed by atoms with van der Waals surface area (Å²) in [6.45, 7) is 0. The van der Waals surface area contributed by atoms with Gasteiger partial charge in [0.2, 0.25) is 17.7 Å².